The van der Waals surface area contributed by atoms with E-state index in [0.29, 0.717) is 11.8 Å². The Morgan fingerprint density at radius 1 is 0.806 bits per heavy atom. The van der Waals surface area contributed by atoms with E-state index in [2.05, 4.69) is 19.1 Å². The third-order valence-electron chi connectivity index (χ3n) is 5.58. The molecule has 0 saturated heterocycles. The lowest BCUT2D eigenvalue weighted by molar-refractivity contribution is 0.309. The Bertz CT molecular complexity index is 1150. The monoisotopic (exact) mass is 432 g/mol. The lowest BCUT2D eigenvalue weighted by Gasteiger charge is -2.10. The first-order chi connectivity index (χ1) is 15.1. The van der Waals surface area contributed by atoms with Crippen molar-refractivity contribution in [1.82, 2.24) is 0 Å². The highest BCUT2D eigenvalue weighted by Crippen LogP contribution is 2.29. The zero-order valence-corrected chi connectivity index (χ0v) is 18.5. The van der Waals surface area contributed by atoms with Gasteiger partial charge in [0, 0.05) is 10.4 Å². The van der Waals surface area contributed by atoms with Crippen LogP contribution >= 0.6 is 11.6 Å². The van der Waals surface area contributed by atoms with Gasteiger partial charge < -0.3 is 4.74 Å². The van der Waals surface area contributed by atoms with Gasteiger partial charge in [-0.15, -0.1) is 0 Å². The molecular weight excluding hydrogens is 407 g/mol. The molecule has 0 atom stereocenters. The molecule has 3 heteroatoms. The summed E-state index contributed by atoms with van der Waals surface area (Å²) in [5.74, 6) is 0.757. The van der Waals surface area contributed by atoms with E-state index in [0.717, 1.165) is 64.3 Å². The van der Waals surface area contributed by atoms with Crippen LogP contribution in [0.4, 0.5) is 4.39 Å². The Morgan fingerprint density at radius 3 is 2.29 bits per heavy atom. The second kappa shape index (κ2) is 9.98. The predicted molar refractivity (Wildman–Crippen MR) is 129 cm³/mol. The molecule has 0 N–H and O–H groups in total. The molecule has 0 heterocycles. The van der Waals surface area contributed by atoms with Crippen molar-refractivity contribution in [3.8, 4) is 16.9 Å². The number of halogens is 2. The van der Waals surface area contributed by atoms with Gasteiger partial charge in [0.25, 0.3) is 0 Å². The van der Waals surface area contributed by atoms with Crippen LogP contribution in [-0.2, 0) is 12.8 Å². The molecule has 0 radical (unpaired) electrons. The molecule has 4 rings (SSSR count). The largest absolute Gasteiger partial charge is 0.494 e. The molecule has 0 saturated carbocycles. The Hall–Kier alpha value is -2.84. The van der Waals surface area contributed by atoms with Crippen LogP contribution in [0.5, 0.6) is 5.75 Å². The third-order valence-corrected chi connectivity index (χ3v) is 5.84. The lowest BCUT2D eigenvalue weighted by Crippen LogP contribution is -1.96. The van der Waals surface area contributed by atoms with Crippen LogP contribution in [0.2, 0.25) is 5.02 Å². The summed E-state index contributed by atoms with van der Waals surface area (Å²) in [4.78, 5) is 0. The standard InChI is InChI=1S/C28H26ClFO/c1-2-3-18-31-26-15-10-21(11-16-26)23-12-17-27-24(19-23)9-8-22(28(27)30)7-4-20-5-13-25(29)14-6-20/h5-6,8-17,19H,2-4,7,18H2,1H3. The zero-order chi connectivity index (χ0) is 21.6. The third kappa shape index (κ3) is 5.26. The van der Waals surface area contributed by atoms with Crippen molar-refractivity contribution in [1.29, 1.82) is 0 Å². The van der Waals surface area contributed by atoms with Gasteiger partial charge in [0.1, 0.15) is 11.6 Å². The molecule has 0 spiro atoms. The van der Waals surface area contributed by atoms with Crippen LogP contribution in [-0.4, -0.2) is 6.61 Å². The van der Waals surface area contributed by atoms with E-state index >= 15 is 4.39 Å². The van der Waals surface area contributed by atoms with Gasteiger partial charge in [-0.25, -0.2) is 4.39 Å². The summed E-state index contributed by atoms with van der Waals surface area (Å²) in [6.07, 6.45) is 3.61. The number of hydrogen-bond acceptors (Lipinski definition) is 1. The van der Waals surface area contributed by atoms with Crippen molar-refractivity contribution in [3.05, 3.63) is 101 Å². The summed E-state index contributed by atoms with van der Waals surface area (Å²) >= 11 is 5.94. The fraction of sp³-hybridized carbons (Fsp3) is 0.214. The summed E-state index contributed by atoms with van der Waals surface area (Å²) in [6, 6.07) is 25.7. The van der Waals surface area contributed by atoms with Gasteiger partial charge in [-0.05, 0) is 77.2 Å². The molecule has 0 fully saturated rings. The molecule has 0 amide bonds. The zero-order valence-electron chi connectivity index (χ0n) is 17.7. The van der Waals surface area contributed by atoms with Crippen LogP contribution in [0.1, 0.15) is 30.9 Å². The van der Waals surface area contributed by atoms with Gasteiger partial charge in [-0.3, -0.25) is 0 Å². The summed E-state index contributed by atoms with van der Waals surface area (Å²) in [5, 5.41) is 2.29. The van der Waals surface area contributed by atoms with E-state index < -0.39 is 0 Å². The van der Waals surface area contributed by atoms with E-state index in [4.69, 9.17) is 16.3 Å². The molecule has 0 aromatic heterocycles. The minimum atomic E-state index is -0.127. The van der Waals surface area contributed by atoms with Crippen molar-refractivity contribution in [2.24, 2.45) is 0 Å². The van der Waals surface area contributed by atoms with Gasteiger partial charge in [-0.1, -0.05) is 73.5 Å². The molecule has 158 valence electrons. The SMILES string of the molecule is CCCCOc1ccc(-c2ccc3c(F)c(CCc4ccc(Cl)cc4)ccc3c2)cc1. The minimum Gasteiger partial charge on any atom is -0.494 e. The Labute approximate surface area is 188 Å². The predicted octanol–water partition coefficient (Wildman–Crippen LogP) is 8.26. The average Bonchev–Trinajstić information content (AvgIpc) is 2.80. The molecule has 31 heavy (non-hydrogen) atoms. The number of hydrogen-bond donors (Lipinski definition) is 0. The second-order valence-corrected chi connectivity index (χ2v) is 8.26. The summed E-state index contributed by atoms with van der Waals surface area (Å²) in [7, 11) is 0. The Kier molecular flexibility index (Phi) is 6.89. The number of unbranched alkanes of at least 4 members (excludes halogenated alkanes) is 1. The van der Waals surface area contributed by atoms with E-state index in [1.54, 1.807) is 0 Å². The average molecular weight is 433 g/mol. The fourth-order valence-electron chi connectivity index (χ4n) is 3.72. The second-order valence-electron chi connectivity index (χ2n) is 7.83. The minimum absolute atomic E-state index is 0.127. The van der Waals surface area contributed by atoms with Gasteiger partial charge in [0.2, 0.25) is 0 Å². The molecule has 4 aromatic rings. The maximum Gasteiger partial charge on any atom is 0.134 e. The quantitative estimate of drug-likeness (QED) is 0.254. The van der Waals surface area contributed by atoms with E-state index in [9.17, 15) is 0 Å². The summed E-state index contributed by atoms with van der Waals surface area (Å²) in [5.41, 5.74) is 4.06. The molecule has 4 aromatic carbocycles. The van der Waals surface area contributed by atoms with E-state index in [1.165, 1.54) is 0 Å². The first-order valence-electron chi connectivity index (χ1n) is 10.8. The van der Waals surface area contributed by atoms with Crippen molar-refractivity contribution < 1.29 is 9.13 Å². The number of benzene rings is 4. The summed E-state index contributed by atoms with van der Waals surface area (Å²) in [6.45, 7) is 2.89. The van der Waals surface area contributed by atoms with Crippen LogP contribution in [0.25, 0.3) is 21.9 Å². The number of rotatable bonds is 8. The molecule has 1 nitrogen and oxygen atoms in total. The van der Waals surface area contributed by atoms with Crippen molar-refractivity contribution in [2.75, 3.05) is 6.61 Å². The molecular formula is C28H26ClFO. The normalized spacial score (nSPS) is 11.1. The van der Waals surface area contributed by atoms with Crippen LogP contribution in [0.15, 0.2) is 78.9 Å². The van der Waals surface area contributed by atoms with Crippen LogP contribution < -0.4 is 4.74 Å². The molecule has 0 bridgehead atoms. The maximum atomic E-state index is 15.1. The first-order valence-corrected chi connectivity index (χ1v) is 11.2. The van der Waals surface area contributed by atoms with Crippen LogP contribution in [0.3, 0.4) is 0 Å². The van der Waals surface area contributed by atoms with Crippen molar-refractivity contribution in [3.63, 3.8) is 0 Å². The number of fused-ring (bicyclic) bond motifs is 1. The topological polar surface area (TPSA) is 9.23 Å². The van der Waals surface area contributed by atoms with Gasteiger partial charge in [0.15, 0.2) is 0 Å². The number of ether oxygens (including phenoxy) is 1. The van der Waals surface area contributed by atoms with Crippen LogP contribution in [0, 0.1) is 5.82 Å². The summed E-state index contributed by atoms with van der Waals surface area (Å²) < 4.78 is 20.9. The smallest absolute Gasteiger partial charge is 0.134 e. The van der Waals surface area contributed by atoms with Crippen molar-refractivity contribution in [2.45, 2.75) is 32.6 Å². The number of aryl methyl sites for hydroxylation is 2. The van der Waals surface area contributed by atoms with E-state index in [1.807, 2.05) is 66.7 Å². The highest BCUT2D eigenvalue weighted by atomic mass is 35.5. The van der Waals surface area contributed by atoms with Gasteiger partial charge in [0.05, 0.1) is 6.61 Å². The van der Waals surface area contributed by atoms with Gasteiger partial charge in [-0.2, -0.15) is 0 Å². The first kappa shape index (κ1) is 21.4. The fourth-order valence-corrected chi connectivity index (χ4v) is 3.84. The van der Waals surface area contributed by atoms with Gasteiger partial charge >= 0.3 is 0 Å². The molecule has 0 aliphatic rings. The highest BCUT2D eigenvalue weighted by molar-refractivity contribution is 6.30. The molecule has 0 unspecified atom stereocenters. The maximum absolute atomic E-state index is 15.1. The highest BCUT2D eigenvalue weighted by Gasteiger charge is 2.09. The lowest BCUT2D eigenvalue weighted by atomic mass is 9.97. The van der Waals surface area contributed by atoms with Crippen molar-refractivity contribution >= 4 is 22.4 Å². The Balaban J connectivity index is 1.50. The van der Waals surface area contributed by atoms with E-state index in [-0.39, 0.29) is 5.82 Å². The Morgan fingerprint density at radius 2 is 1.55 bits per heavy atom. The molecule has 0 aliphatic carbocycles. The molecule has 0 aliphatic heterocycles.